The highest BCUT2D eigenvalue weighted by atomic mass is 35.5. The standard InChI is InChI=1S/C11H10ClNOS/c1-7-4-6-15-11(7)10(14)9-8(12)3-2-5-13-9/h2-6,10,14H,1H3. The van der Waals surface area contributed by atoms with E-state index in [1.807, 2.05) is 18.4 Å². The molecular formula is C11H10ClNOS. The third-order valence-electron chi connectivity index (χ3n) is 2.20. The lowest BCUT2D eigenvalue weighted by molar-refractivity contribution is 0.218. The average Bonchev–Trinajstić information content (AvgIpc) is 2.64. The van der Waals surface area contributed by atoms with Crippen LogP contribution in [0.3, 0.4) is 0 Å². The molecule has 78 valence electrons. The van der Waals surface area contributed by atoms with Crippen LogP contribution in [0.1, 0.15) is 22.2 Å². The molecule has 0 spiro atoms. The van der Waals surface area contributed by atoms with E-state index in [9.17, 15) is 5.11 Å². The first-order chi connectivity index (χ1) is 7.20. The molecule has 0 fully saturated rings. The van der Waals surface area contributed by atoms with Crippen LogP contribution in [0.4, 0.5) is 0 Å². The number of rotatable bonds is 2. The fourth-order valence-corrected chi connectivity index (χ4v) is 2.53. The van der Waals surface area contributed by atoms with Crippen molar-refractivity contribution in [2.24, 2.45) is 0 Å². The van der Waals surface area contributed by atoms with Gasteiger partial charge in [0.05, 0.1) is 10.7 Å². The van der Waals surface area contributed by atoms with Crippen LogP contribution >= 0.6 is 22.9 Å². The summed E-state index contributed by atoms with van der Waals surface area (Å²) in [5.74, 6) is 0. The Morgan fingerprint density at radius 3 is 2.87 bits per heavy atom. The molecule has 2 heterocycles. The molecular weight excluding hydrogens is 230 g/mol. The van der Waals surface area contributed by atoms with Crippen LogP contribution < -0.4 is 0 Å². The first-order valence-electron chi connectivity index (χ1n) is 4.52. The van der Waals surface area contributed by atoms with Crippen molar-refractivity contribution in [1.82, 2.24) is 4.98 Å². The van der Waals surface area contributed by atoms with E-state index in [4.69, 9.17) is 11.6 Å². The van der Waals surface area contributed by atoms with E-state index in [0.29, 0.717) is 10.7 Å². The van der Waals surface area contributed by atoms with E-state index < -0.39 is 6.10 Å². The summed E-state index contributed by atoms with van der Waals surface area (Å²) in [6.07, 6.45) is 0.909. The highest BCUT2D eigenvalue weighted by Crippen LogP contribution is 2.31. The van der Waals surface area contributed by atoms with Gasteiger partial charge < -0.3 is 5.11 Å². The van der Waals surface area contributed by atoms with Crippen LogP contribution in [-0.4, -0.2) is 10.1 Å². The van der Waals surface area contributed by atoms with Gasteiger partial charge in [-0.1, -0.05) is 11.6 Å². The van der Waals surface area contributed by atoms with Gasteiger partial charge in [-0.15, -0.1) is 11.3 Å². The lowest BCUT2D eigenvalue weighted by Gasteiger charge is -2.10. The fraction of sp³-hybridized carbons (Fsp3) is 0.182. The van der Waals surface area contributed by atoms with Crippen molar-refractivity contribution in [1.29, 1.82) is 0 Å². The van der Waals surface area contributed by atoms with Crippen molar-refractivity contribution < 1.29 is 5.11 Å². The first-order valence-corrected chi connectivity index (χ1v) is 5.78. The molecule has 0 amide bonds. The van der Waals surface area contributed by atoms with Gasteiger partial charge in [-0.25, -0.2) is 0 Å². The topological polar surface area (TPSA) is 33.1 Å². The van der Waals surface area contributed by atoms with E-state index in [-0.39, 0.29) is 0 Å². The predicted octanol–water partition coefficient (Wildman–Crippen LogP) is 3.19. The van der Waals surface area contributed by atoms with Crippen LogP contribution in [0.25, 0.3) is 0 Å². The summed E-state index contributed by atoms with van der Waals surface area (Å²) < 4.78 is 0. The van der Waals surface area contributed by atoms with Crippen molar-refractivity contribution in [3.63, 3.8) is 0 Å². The third kappa shape index (κ3) is 2.04. The number of pyridine rings is 1. The van der Waals surface area contributed by atoms with Crippen molar-refractivity contribution in [2.75, 3.05) is 0 Å². The summed E-state index contributed by atoms with van der Waals surface area (Å²) in [6.45, 7) is 1.96. The summed E-state index contributed by atoms with van der Waals surface area (Å²) >= 11 is 7.48. The van der Waals surface area contributed by atoms with E-state index in [1.54, 1.807) is 18.3 Å². The lowest BCUT2D eigenvalue weighted by Crippen LogP contribution is -2.02. The van der Waals surface area contributed by atoms with E-state index in [2.05, 4.69) is 4.98 Å². The summed E-state index contributed by atoms with van der Waals surface area (Å²) in [6, 6.07) is 5.45. The lowest BCUT2D eigenvalue weighted by atomic mass is 10.1. The molecule has 15 heavy (non-hydrogen) atoms. The monoisotopic (exact) mass is 239 g/mol. The third-order valence-corrected chi connectivity index (χ3v) is 3.59. The van der Waals surface area contributed by atoms with Crippen LogP contribution in [-0.2, 0) is 0 Å². The number of aromatic nitrogens is 1. The zero-order chi connectivity index (χ0) is 10.8. The highest BCUT2D eigenvalue weighted by molar-refractivity contribution is 7.10. The molecule has 0 aromatic carbocycles. The second-order valence-corrected chi connectivity index (χ2v) is 4.60. The van der Waals surface area contributed by atoms with Gasteiger partial charge in [0, 0.05) is 11.1 Å². The number of aliphatic hydroxyl groups excluding tert-OH is 1. The van der Waals surface area contributed by atoms with Crippen LogP contribution in [0, 0.1) is 6.92 Å². The number of nitrogens with zero attached hydrogens (tertiary/aromatic N) is 1. The number of hydrogen-bond acceptors (Lipinski definition) is 3. The summed E-state index contributed by atoms with van der Waals surface area (Å²) in [5.41, 5.74) is 1.58. The van der Waals surface area contributed by atoms with Crippen LogP contribution in [0.5, 0.6) is 0 Å². The van der Waals surface area contributed by atoms with Gasteiger partial charge in [0.1, 0.15) is 6.10 Å². The minimum absolute atomic E-state index is 0.498. The van der Waals surface area contributed by atoms with Crippen molar-refractivity contribution in [3.8, 4) is 0 Å². The van der Waals surface area contributed by atoms with Gasteiger partial charge in [0.15, 0.2) is 0 Å². The number of aliphatic hydroxyl groups is 1. The second-order valence-electron chi connectivity index (χ2n) is 3.24. The molecule has 0 aliphatic rings. The van der Waals surface area contributed by atoms with Crippen LogP contribution in [0.15, 0.2) is 29.8 Å². The van der Waals surface area contributed by atoms with E-state index >= 15 is 0 Å². The first kappa shape index (κ1) is 10.6. The Morgan fingerprint density at radius 2 is 2.27 bits per heavy atom. The Labute approximate surface area is 97.2 Å². The molecule has 0 aliphatic heterocycles. The van der Waals surface area contributed by atoms with Gasteiger partial charge in [0.25, 0.3) is 0 Å². The smallest absolute Gasteiger partial charge is 0.132 e. The molecule has 0 saturated carbocycles. The maximum Gasteiger partial charge on any atom is 0.132 e. The number of aryl methyl sites for hydroxylation is 1. The molecule has 2 aromatic rings. The molecule has 2 rings (SSSR count). The molecule has 1 unspecified atom stereocenters. The zero-order valence-electron chi connectivity index (χ0n) is 8.14. The Bertz CT molecular complexity index is 469. The predicted molar refractivity (Wildman–Crippen MR) is 62.4 cm³/mol. The van der Waals surface area contributed by atoms with Crippen molar-refractivity contribution in [2.45, 2.75) is 13.0 Å². The average molecular weight is 240 g/mol. The van der Waals surface area contributed by atoms with Gasteiger partial charge in [-0.3, -0.25) is 4.98 Å². The normalized spacial score (nSPS) is 12.7. The molecule has 2 nitrogen and oxygen atoms in total. The zero-order valence-corrected chi connectivity index (χ0v) is 9.72. The van der Waals surface area contributed by atoms with Gasteiger partial charge >= 0.3 is 0 Å². The number of thiophene rings is 1. The Hall–Kier alpha value is -0.900. The van der Waals surface area contributed by atoms with Gasteiger partial charge in [-0.2, -0.15) is 0 Å². The van der Waals surface area contributed by atoms with Crippen molar-refractivity contribution in [3.05, 3.63) is 50.9 Å². The molecule has 0 bridgehead atoms. The maximum atomic E-state index is 10.1. The largest absolute Gasteiger partial charge is 0.381 e. The highest BCUT2D eigenvalue weighted by Gasteiger charge is 2.17. The minimum atomic E-state index is -0.723. The molecule has 2 aromatic heterocycles. The minimum Gasteiger partial charge on any atom is -0.381 e. The fourth-order valence-electron chi connectivity index (χ4n) is 1.39. The van der Waals surface area contributed by atoms with Gasteiger partial charge in [0.2, 0.25) is 0 Å². The van der Waals surface area contributed by atoms with E-state index in [1.165, 1.54) is 11.3 Å². The molecule has 4 heteroatoms. The molecule has 0 saturated heterocycles. The quantitative estimate of drug-likeness (QED) is 0.873. The van der Waals surface area contributed by atoms with Gasteiger partial charge in [-0.05, 0) is 36.1 Å². The summed E-state index contributed by atoms with van der Waals surface area (Å²) in [5, 5.41) is 12.6. The number of halogens is 1. The van der Waals surface area contributed by atoms with Crippen LogP contribution in [0.2, 0.25) is 5.02 Å². The van der Waals surface area contributed by atoms with E-state index in [0.717, 1.165) is 10.4 Å². The Balaban J connectivity index is 2.41. The molecule has 0 radical (unpaired) electrons. The Kier molecular flexibility index (Phi) is 3.05. The maximum absolute atomic E-state index is 10.1. The number of hydrogen-bond donors (Lipinski definition) is 1. The summed E-state index contributed by atoms with van der Waals surface area (Å²) in [7, 11) is 0. The molecule has 1 atom stereocenters. The second kappa shape index (κ2) is 4.31. The molecule has 0 aliphatic carbocycles. The SMILES string of the molecule is Cc1ccsc1C(O)c1ncccc1Cl. The summed E-state index contributed by atoms with van der Waals surface area (Å²) in [4.78, 5) is 5.00. The molecule has 1 N–H and O–H groups in total. The van der Waals surface area contributed by atoms with Crippen molar-refractivity contribution >= 4 is 22.9 Å². The Morgan fingerprint density at radius 1 is 1.47 bits per heavy atom.